The van der Waals surface area contributed by atoms with Crippen LogP contribution in [0.4, 0.5) is 0 Å². The Bertz CT molecular complexity index is 560. The molecule has 20 heavy (non-hydrogen) atoms. The first-order valence-electron chi connectivity index (χ1n) is 6.62. The molecule has 0 spiro atoms. The number of hydrogen-bond donors (Lipinski definition) is 1. The second kappa shape index (κ2) is 7.86. The summed E-state index contributed by atoms with van der Waals surface area (Å²) in [5, 5.41) is 3.58. The first-order chi connectivity index (χ1) is 9.69. The van der Waals surface area contributed by atoms with Crippen LogP contribution in [-0.4, -0.2) is 16.5 Å². The van der Waals surface area contributed by atoms with Crippen molar-refractivity contribution < 1.29 is 0 Å². The smallest absolute Gasteiger partial charge is 0.0410 e. The fourth-order valence-electron chi connectivity index (χ4n) is 2.05. The van der Waals surface area contributed by atoms with Crippen molar-refractivity contribution in [1.82, 2.24) is 15.3 Å². The molecule has 0 aliphatic heterocycles. The van der Waals surface area contributed by atoms with E-state index >= 15 is 0 Å². The van der Waals surface area contributed by atoms with Gasteiger partial charge in [0, 0.05) is 39.8 Å². The zero-order chi connectivity index (χ0) is 14.4. The molecule has 2 heterocycles. The lowest BCUT2D eigenvalue weighted by Gasteiger charge is -2.19. The van der Waals surface area contributed by atoms with Crippen LogP contribution in [0.3, 0.4) is 0 Å². The van der Waals surface area contributed by atoms with Crippen molar-refractivity contribution in [2.45, 2.75) is 25.8 Å². The molecule has 0 aliphatic carbocycles. The van der Waals surface area contributed by atoms with Crippen molar-refractivity contribution in [2.24, 2.45) is 0 Å². The van der Waals surface area contributed by atoms with Gasteiger partial charge in [-0.1, -0.05) is 6.92 Å². The third-order valence-corrected chi connectivity index (χ3v) is 3.84. The van der Waals surface area contributed by atoms with Gasteiger partial charge in [-0.05, 0) is 74.5 Å². The highest BCUT2D eigenvalue weighted by Crippen LogP contribution is 2.22. The predicted molar refractivity (Wildman–Crippen MR) is 88.6 cm³/mol. The van der Waals surface area contributed by atoms with Crippen LogP contribution in [0.25, 0.3) is 0 Å². The second-order valence-electron chi connectivity index (χ2n) is 4.66. The summed E-state index contributed by atoms with van der Waals surface area (Å²) in [5.41, 5.74) is 2.39. The van der Waals surface area contributed by atoms with E-state index in [0.29, 0.717) is 0 Å². The van der Waals surface area contributed by atoms with Gasteiger partial charge in [0.2, 0.25) is 0 Å². The zero-order valence-electron chi connectivity index (χ0n) is 11.3. The molecule has 5 heteroatoms. The normalized spacial score (nSPS) is 12.3. The topological polar surface area (TPSA) is 37.8 Å². The zero-order valence-corrected chi connectivity index (χ0v) is 14.5. The Balaban J connectivity index is 2.19. The van der Waals surface area contributed by atoms with E-state index in [9.17, 15) is 0 Å². The minimum absolute atomic E-state index is 0.246. The average molecular weight is 399 g/mol. The molecule has 0 bridgehead atoms. The lowest BCUT2D eigenvalue weighted by Crippen LogP contribution is -2.24. The van der Waals surface area contributed by atoms with E-state index in [0.717, 1.165) is 28.3 Å². The van der Waals surface area contributed by atoms with Gasteiger partial charge in [-0.2, -0.15) is 0 Å². The Morgan fingerprint density at radius 1 is 1.05 bits per heavy atom. The van der Waals surface area contributed by atoms with Gasteiger partial charge in [0.05, 0.1) is 0 Å². The maximum absolute atomic E-state index is 4.26. The van der Waals surface area contributed by atoms with E-state index in [1.165, 1.54) is 11.1 Å². The van der Waals surface area contributed by atoms with E-state index in [2.05, 4.69) is 66.2 Å². The summed E-state index contributed by atoms with van der Waals surface area (Å²) in [6, 6.07) is 4.47. The number of pyridine rings is 2. The van der Waals surface area contributed by atoms with Crippen LogP contribution in [0, 0.1) is 0 Å². The number of hydrogen-bond acceptors (Lipinski definition) is 3. The maximum atomic E-state index is 4.26. The van der Waals surface area contributed by atoms with E-state index < -0.39 is 0 Å². The largest absolute Gasteiger partial charge is 0.310 e. The summed E-state index contributed by atoms with van der Waals surface area (Å²) in [7, 11) is 0. The summed E-state index contributed by atoms with van der Waals surface area (Å²) in [4.78, 5) is 8.49. The third kappa shape index (κ3) is 4.65. The number of aromatic nitrogens is 2. The van der Waals surface area contributed by atoms with Crippen molar-refractivity contribution in [3.8, 4) is 0 Å². The summed E-state index contributed by atoms with van der Waals surface area (Å²) in [6.07, 6.45) is 9.44. The molecule has 3 nitrogen and oxygen atoms in total. The number of rotatable bonds is 6. The van der Waals surface area contributed by atoms with Gasteiger partial charge in [-0.15, -0.1) is 0 Å². The van der Waals surface area contributed by atoms with Crippen LogP contribution in [0.1, 0.15) is 30.5 Å². The highest BCUT2D eigenvalue weighted by molar-refractivity contribution is 9.10. The van der Waals surface area contributed by atoms with Crippen LogP contribution in [0.2, 0.25) is 0 Å². The molecule has 2 aromatic rings. The molecule has 0 saturated carbocycles. The van der Waals surface area contributed by atoms with Crippen molar-refractivity contribution in [3.05, 3.63) is 57.0 Å². The first kappa shape index (κ1) is 15.6. The molecule has 1 N–H and O–H groups in total. The summed E-state index contributed by atoms with van der Waals surface area (Å²) in [6.45, 7) is 3.16. The molecule has 1 atom stereocenters. The van der Waals surface area contributed by atoms with Gasteiger partial charge in [0.15, 0.2) is 0 Å². The molecule has 0 amide bonds. The molecule has 106 valence electrons. The van der Waals surface area contributed by atoms with Crippen molar-refractivity contribution >= 4 is 31.9 Å². The lowest BCUT2D eigenvalue weighted by atomic mass is 10.0. The third-order valence-electron chi connectivity index (χ3n) is 2.97. The molecule has 0 fully saturated rings. The molecule has 2 rings (SSSR count). The average Bonchev–Trinajstić information content (AvgIpc) is 2.43. The lowest BCUT2D eigenvalue weighted by molar-refractivity contribution is 0.527. The minimum atomic E-state index is 0.246. The summed E-state index contributed by atoms with van der Waals surface area (Å²) in [5.74, 6) is 0. The molecule has 2 aromatic heterocycles. The summed E-state index contributed by atoms with van der Waals surface area (Å²) < 4.78 is 2.02. The highest BCUT2D eigenvalue weighted by atomic mass is 79.9. The Kier molecular flexibility index (Phi) is 6.13. The molecular formula is C15H17Br2N3. The SMILES string of the molecule is CCCNC(Cc1cncc(Br)c1)c1cncc(Br)c1. The molecule has 0 saturated heterocycles. The monoisotopic (exact) mass is 397 g/mol. The molecular weight excluding hydrogens is 382 g/mol. The van der Waals surface area contributed by atoms with Gasteiger partial charge < -0.3 is 5.32 Å². The molecule has 0 aromatic carbocycles. The fourth-order valence-corrected chi connectivity index (χ4v) is 2.84. The Hall–Kier alpha value is -0.780. The molecule has 0 aliphatic rings. The van der Waals surface area contributed by atoms with Crippen molar-refractivity contribution in [2.75, 3.05) is 6.54 Å². The maximum Gasteiger partial charge on any atom is 0.0410 e. The van der Waals surface area contributed by atoms with E-state index in [-0.39, 0.29) is 6.04 Å². The standard InChI is InChI=1S/C15H17Br2N3/c1-2-3-20-15(12-6-14(17)10-19-8-12)5-11-4-13(16)9-18-7-11/h4,6-10,15,20H,2-3,5H2,1H3. The van der Waals surface area contributed by atoms with E-state index in [1.807, 2.05) is 12.4 Å². The Labute approximate surface area is 136 Å². The van der Waals surface area contributed by atoms with Gasteiger partial charge in [0.1, 0.15) is 0 Å². The van der Waals surface area contributed by atoms with Gasteiger partial charge >= 0.3 is 0 Å². The van der Waals surface area contributed by atoms with Crippen molar-refractivity contribution in [3.63, 3.8) is 0 Å². The fraction of sp³-hybridized carbons (Fsp3) is 0.333. The van der Waals surface area contributed by atoms with Crippen LogP contribution in [0.5, 0.6) is 0 Å². The van der Waals surface area contributed by atoms with Gasteiger partial charge in [0.25, 0.3) is 0 Å². The second-order valence-corrected chi connectivity index (χ2v) is 6.49. The van der Waals surface area contributed by atoms with Gasteiger partial charge in [-0.3, -0.25) is 9.97 Å². The summed E-state index contributed by atoms with van der Waals surface area (Å²) >= 11 is 6.96. The molecule has 1 unspecified atom stereocenters. The van der Waals surface area contributed by atoms with Crippen LogP contribution < -0.4 is 5.32 Å². The number of nitrogens with one attached hydrogen (secondary N) is 1. The van der Waals surface area contributed by atoms with Gasteiger partial charge in [-0.25, -0.2) is 0 Å². The van der Waals surface area contributed by atoms with Crippen LogP contribution >= 0.6 is 31.9 Å². The van der Waals surface area contributed by atoms with Crippen molar-refractivity contribution in [1.29, 1.82) is 0 Å². The van der Waals surface area contributed by atoms with Crippen LogP contribution in [-0.2, 0) is 6.42 Å². The molecule has 0 radical (unpaired) electrons. The Morgan fingerprint density at radius 2 is 1.75 bits per heavy atom. The van der Waals surface area contributed by atoms with E-state index in [1.54, 1.807) is 12.4 Å². The number of nitrogens with zero attached hydrogens (tertiary/aromatic N) is 2. The Morgan fingerprint density at radius 3 is 2.40 bits per heavy atom. The first-order valence-corrected chi connectivity index (χ1v) is 8.21. The van der Waals surface area contributed by atoms with E-state index in [4.69, 9.17) is 0 Å². The van der Waals surface area contributed by atoms with Crippen LogP contribution in [0.15, 0.2) is 45.9 Å². The highest BCUT2D eigenvalue weighted by Gasteiger charge is 2.13. The quantitative estimate of drug-likeness (QED) is 0.788. The predicted octanol–water partition coefficient (Wildman–Crippen LogP) is 4.29. The minimum Gasteiger partial charge on any atom is -0.310 e. The number of halogens is 2.